The van der Waals surface area contributed by atoms with Gasteiger partial charge in [0.15, 0.2) is 0 Å². The first kappa shape index (κ1) is 36.3. The fourth-order valence-corrected chi connectivity index (χ4v) is 5.43. The summed E-state index contributed by atoms with van der Waals surface area (Å²) in [5.74, 6) is -1.91. The molecule has 8 nitrogen and oxygen atoms in total. The highest BCUT2D eigenvalue weighted by Crippen LogP contribution is 2.33. The molecule has 0 spiro atoms. The van der Waals surface area contributed by atoms with Crippen molar-refractivity contribution in [3.05, 3.63) is 45.5 Å². The summed E-state index contributed by atoms with van der Waals surface area (Å²) in [6.07, 6.45) is 5.28. The molecule has 2 rings (SSSR count). The molecule has 0 saturated heterocycles. The number of aryl methyl sites for hydroxylation is 1. The molecular formula is C30H41Cl3N2O6S. The summed E-state index contributed by atoms with van der Waals surface area (Å²) in [6, 6.07) is -0.337. The Bertz CT molecular complexity index is 1200. The summed E-state index contributed by atoms with van der Waals surface area (Å²) >= 11 is 18.6. The van der Waals surface area contributed by atoms with Crippen LogP contribution in [0.25, 0.3) is 6.08 Å². The molecule has 2 heterocycles. The second kappa shape index (κ2) is 15.7. The van der Waals surface area contributed by atoms with E-state index in [-0.39, 0.29) is 24.2 Å². The molecule has 1 aliphatic rings. The molecule has 1 aromatic heterocycles. The fourth-order valence-electron chi connectivity index (χ4n) is 4.69. The van der Waals surface area contributed by atoms with Crippen LogP contribution in [0.3, 0.4) is 0 Å². The van der Waals surface area contributed by atoms with Gasteiger partial charge in [-0.25, -0.2) is 9.78 Å². The van der Waals surface area contributed by atoms with Crippen LogP contribution in [0.5, 0.6) is 0 Å². The van der Waals surface area contributed by atoms with Crippen molar-refractivity contribution in [1.29, 1.82) is 0 Å². The minimum atomic E-state index is -1.82. The summed E-state index contributed by atoms with van der Waals surface area (Å²) in [4.78, 5) is 43.8. The molecule has 42 heavy (non-hydrogen) atoms. The molecule has 1 aliphatic heterocycles. The van der Waals surface area contributed by atoms with Gasteiger partial charge in [-0.05, 0) is 51.2 Å². The van der Waals surface area contributed by atoms with Gasteiger partial charge in [0.2, 0.25) is 9.70 Å². The van der Waals surface area contributed by atoms with Gasteiger partial charge in [-0.1, -0.05) is 86.3 Å². The van der Waals surface area contributed by atoms with Gasteiger partial charge in [0.05, 0.1) is 40.6 Å². The Morgan fingerprint density at radius 2 is 1.90 bits per heavy atom. The third-order valence-electron chi connectivity index (χ3n) is 7.36. The Morgan fingerprint density at radius 3 is 2.50 bits per heavy atom. The van der Waals surface area contributed by atoms with Crippen LogP contribution in [0.4, 0.5) is 4.79 Å². The topological polar surface area (TPSA) is 115 Å². The first-order valence-electron chi connectivity index (χ1n) is 13.8. The molecule has 0 unspecified atom stereocenters. The monoisotopic (exact) mass is 662 g/mol. The molecule has 1 amide bonds. The standard InChI is InChI=1S/C30H41Cl3N2O6S/c1-17-9-8-10-18(2)26(41-28(39)40-16-30(31,32)33)20(4)27(38)29(6,7)24(36)14-25(37)35-23(12-11-17)19(3)13-22-15-42-21(5)34-22/h8-9,11,13,15,18,20,23-24,26,36H,10,12,14,16H2,1-7H3,(H,35,37)/t18-,20+,23-,24-,26-/m0/s1. The number of amides is 1. The lowest BCUT2D eigenvalue weighted by Crippen LogP contribution is -2.48. The Labute approximate surface area is 267 Å². The van der Waals surface area contributed by atoms with Crippen LogP contribution in [0.15, 0.2) is 34.8 Å². The molecule has 0 saturated carbocycles. The van der Waals surface area contributed by atoms with E-state index in [1.54, 1.807) is 32.1 Å². The lowest BCUT2D eigenvalue weighted by Gasteiger charge is -2.35. The molecule has 0 aromatic carbocycles. The number of nitrogens with zero attached hydrogens (tertiary/aromatic N) is 1. The first-order chi connectivity index (χ1) is 19.4. The normalized spacial score (nSPS) is 26.8. The highest BCUT2D eigenvalue weighted by molar-refractivity contribution is 7.09. The van der Waals surface area contributed by atoms with E-state index in [9.17, 15) is 19.5 Å². The molecule has 0 radical (unpaired) electrons. The number of alkyl halides is 3. The maximum atomic E-state index is 13.7. The van der Waals surface area contributed by atoms with Crippen molar-refractivity contribution < 1.29 is 29.0 Å². The van der Waals surface area contributed by atoms with Gasteiger partial charge >= 0.3 is 6.16 Å². The van der Waals surface area contributed by atoms with Crippen LogP contribution in [-0.4, -0.2) is 56.6 Å². The van der Waals surface area contributed by atoms with E-state index in [0.717, 1.165) is 21.8 Å². The average Bonchev–Trinajstić information content (AvgIpc) is 3.30. The molecular weight excluding hydrogens is 623 g/mol. The van der Waals surface area contributed by atoms with Gasteiger partial charge in [-0.15, -0.1) is 11.3 Å². The number of carbonyl (C=O) groups excluding carboxylic acids is 3. The minimum absolute atomic E-state index is 0.292. The Morgan fingerprint density at radius 1 is 1.24 bits per heavy atom. The Kier molecular flexibility index (Phi) is 13.6. The molecule has 0 aliphatic carbocycles. The fraction of sp³-hybridized carbons (Fsp3) is 0.600. The Hall–Kier alpha value is -1.91. The Balaban J connectivity index is 2.40. The van der Waals surface area contributed by atoms with Crippen molar-refractivity contribution >= 4 is 70.1 Å². The third kappa shape index (κ3) is 11.3. The number of aromatic nitrogens is 1. The van der Waals surface area contributed by atoms with Gasteiger partial charge in [-0.2, -0.15) is 0 Å². The van der Waals surface area contributed by atoms with Crippen molar-refractivity contribution in [2.75, 3.05) is 6.61 Å². The van der Waals surface area contributed by atoms with Gasteiger partial charge in [0, 0.05) is 5.38 Å². The van der Waals surface area contributed by atoms with Crippen molar-refractivity contribution in [1.82, 2.24) is 10.3 Å². The summed E-state index contributed by atoms with van der Waals surface area (Å²) < 4.78 is 8.70. The average molecular weight is 664 g/mol. The number of carbonyl (C=O) groups is 3. The predicted molar refractivity (Wildman–Crippen MR) is 169 cm³/mol. The zero-order valence-electron chi connectivity index (χ0n) is 25.1. The number of thiazole rings is 1. The van der Waals surface area contributed by atoms with Crippen LogP contribution in [0.2, 0.25) is 0 Å². The number of aliphatic hydroxyl groups excluding tert-OH is 1. The van der Waals surface area contributed by atoms with Gasteiger partial charge in [-0.3, -0.25) is 9.59 Å². The summed E-state index contributed by atoms with van der Waals surface area (Å²) in [6.45, 7) is 11.9. The quantitative estimate of drug-likeness (QED) is 0.260. The molecule has 1 aromatic rings. The third-order valence-corrected chi connectivity index (χ3v) is 8.48. The van der Waals surface area contributed by atoms with E-state index in [2.05, 4.69) is 10.3 Å². The number of hydrogen-bond donors (Lipinski definition) is 2. The van der Waals surface area contributed by atoms with Crippen LogP contribution in [-0.2, 0) is 19.1 Å². The van der Waals surface area contributed by atoms with E-state index in [0.29, 0.717) is 12.8 Å². The largest absolute Gasteiger partial charge is 0.508 e. The van der Waals surface area contributed by atoms with Crippen molar-refractivity contribution in [2.45, 2.75) is 89.8 Å². The molecule has 12 heteroatoms. The summed E-state index contributed by atoms with van der Waals surface area (Å²) in [7, 11) is 0. The number of hydrogen-bond acceptors (Lipinski definition) is 8. The van der Waals surface area contributed by atoms with Crippen LogP contribution in [0, 0.1) is 24.2 Å². The van der Waals surface area contributed by atoms with E-state index < -0.39 is 46.0 Å². The number of aliphatic hydroxyl groups is 1. The van der Waals surface area contributed by atoms with Crippen LogP contribution < -0.4 is 5.32 Å². The lowest BCUT2D eigenvalue weighted by molar-refractivity contribution is -0.143. The zero-order chi connectivity index (χ0) is 31.8. The maximum Gasteiger partial charge on any atom is 0.508 e. The second-order valence-electron chi connectivity index (χ2n) is 11.4. The number of rotatable bonds is 4. The molecule has 0 fully saturated rings. The molecule has 2 N–H and O–H groups in total. The molecule has 5 atom stereocenters. The van der Waals surface area contributed by atoms with E-state index in [1.807, 2.05) is 57.4 Å². The maximum absolute atomic E-state index is 13.7. The van der Waals surface area contributed by atoms with Crippen LogP contribution >= 0.6 is 46.1 Å². The van der Waals surface area contributed by atoms with Crippen molar-refractivity contribution in [3.63, 3.8) is 0 Å². The van der Waals surface area contributed by atoms with E-state index >= 15 is 0 Å². The SMILES string of the molecule is CC1=CC[C@@H](C(C)=Cc2csc(C)n2)NC(=O)C[C@H](O)C(C)(C)C(=O)[C@H](C)[C@@H](OC(=O)OCC(Cl)(Cl)Cl)[C@@H](C)CC=C1. The van der Waals surface area contributed by atoms with Crippen molar-refractivity contribution in [3.8, 4) is 0 Å². The lowest BCUT2D eigenvalue weighted by atomic mass is 9.73. The van der Waals surface area contributed by atoms with Gasteiger partial charge < -0.3 is 19.9 Å². The molecule has 0 bridgehead atoms. The molecule has 234 valence electrons. The highest BCUT2D eigenvalue weighted by Gasteiger charge is 2.44. The number of Topliss-reactive ketones (excluding diaryl/α,β-unsaturated/α-hetero) is 1. The highest BCUT2D eigenvalue weighted by atomic mass is 35.6. The number of halogens is 3. The predicted octanol–water partition coefficient (Wildman–Crippen LogP) is 7.15. The van der Waals surface area contributed by atoms with E-state index in [1.165, 1.54) is 0 Å². The number of ketones is 1. The first-order valence-corrected chi connectivity index (χ1v) is 15.8. The zero-order valence-corrected chi connectivity index (χ0v) is 28.2. The smallest absolute Gasteiger partial charge is 0.430 e. The van der Waals surface area contributed by atoms with Gasteiger partial charge in [0.1, 0.15) is 18.5 Å². The summed E-state index contributed by atoms with van der Waals surface area (Å²) in [5, 5.41) is 17.0. The minimum Gasteiger partial charge on any atom is -0.430 e. The second-order valence-corrected chi connectivity index (χ2v) is 15.0. The van der Waals surface area contributed by atoms with E-state index in [4.69, 9.17) is 44.3 Å². The number of allylic oxidation sites excluding steroid dienone is 3. The van der Waals surface area contributed by atoms with Gasteiger partial charge in [0.25, 0.3) is 0 Å². The number of ether oxygens (including phenoxy) is 2. The number of nitrogens with one attached hydrogen (secondary N) is 1. The van der Waals surface area contributed by atoms with Crippen molar-refractivity contribution in [2.24, 2.45) is 17.3 Å². The summed E-state index contributed by atoms with van der Waals surface area (Å²) in [5.41, 5.74) is 1.37. The van der Waals surface area contributed by atoms with Crippen LogP contribution in [0.1, 0.15) is 71.5 Å².